The van der Waals surface area contributed by atoms with Crippen molar-refractivity contribution in [2.75, 3.05) is 6.54 Å². The number of carbonyl (C=O) groups excluding carboxylic acids is 1. The van der Waals surface area contributed by atoms with Gasteiger partial charge in [0.1, 0.15) is 11.6 Å². The molecule has 1 saturated heterocycles. The molecule has 0 spiro atoms. The molecule has 2 rings (SSSR count). The van der Waals surface area contributed by atoms with Crippen LogP contribution in [0.1, 0.15) is 31.7 Å². The van der Waals surface area contributed by atoms with Crippen LogP contribution in [0.3, 0.4) is 0 Å². The van der Waals surface area contributed by atoms with Gasteiger partial charge in [-0.05, 0) is 37.8 Å². The molecule has 1 heterocycles. The molecule has 1 aliphatic rings. The summed E-state index contributed by atoms with van der Waals surface area (Å²) < 4.78 is 26.5. The van der Waals surface area contributed by atoms with E-state index in [1.165, 1.54) is 12.1 Å². The monoisotopic (exact) mass is 282 g/mol. The molecular formula is C15H20F2N2O. The number of halogens is 2. The lowest BCUT2D eigenvalue weighted by atomic mass is 9.96. The number of hydrogen-bond acceptors (Lipinski definition) is 2. The summed E-state index contributed by atoms with van der Waals surface area (Å²) in [4.78, 5) is 14.1. The third-order valence-electron chi connectivity index (χ3n) is 3.83. The number of nitrogens with two attached hydrogens (primary N) is 1. The lowest BCUT2D eigenvalue weighted by molar-refractivity contribution is -0.134. The van der Waals surface area contributed by atoms with Crippen LogP contribution < -0.4 is 5.73 Å². The number of piperidine rings is 1. The summed E-state index contributed by atoms with van der Waals surface area (Å²) in [7, 11) is 0. The first-order valence-corrected chi connectivity index (χ1v) is 6.98. The van der Waals surface area contributed by atoms with E-state index in [9.17, 15) is 13.6 Å². The average molecular weight is 282 g/mol. The normalized spacial score (nSPS) is 20.8. The summed E-state index contributed by atoms with van der Waals surface area (Å²) in [6.45, 7) is 2.54. The maximum Gasteiger partial charge on any atom is 0.227 e. The summed E-state index contributed by atoms with van der Waals surface area (Å²) in [6.07, 6.45) is 2.84. The molecular weight excluding hydrogens is 262 g/mol. The fourth-order valence-corrected chi connectivity index (χ4v) is 2.74. The summed E-state index contributed by atoms with van der Waals surface area (Å²) in [5.41, 5.74) is 6.15. The Labute approximate surface area is 117 Å². The van der Waals surface area contributed by atoms with E-state index in [0.717, 1.165) is 25.3 Å². The first-order chi connectivity index (χ1) is 9.49. The zero-order valence-electron chi connectivity index (χ0n) is 11.6. The average Bonchev–Trinajstić information content (AvgIpc) is 2.41. The second-order valence-electron chi connectivity index (χ2n) is 5.42. The van der Waals surface area contributed by atoms with Gasteiger partial charge < -0.3 is 10.6 Å². The van der Waals surface area contributed by atoms with Crippen LogP contribution in [0.5, 0.6) is 0 Å². The van der Waals surface area contributed by atoms with Gasteiger partial charge in [0, 0.05) is 24.7 Å². The van der Waals surface area contributed by atoms with Crippen LogP contribution in [0.15, 0.2) is 18.2 Å². The molecule has 20 heavy (non-hydrogen) atoms. The van der Waals surface area contributed by atoms with Crippen molar-refractivity contribution in [1.29, 1.82) is 0 Å². The minimum absolute atomic E-state index is 0.0137. The fraction of sp³-hybridized carbons (Fsp3) is 0.533. The lowest BCUT2D eigenvalue weighted by Gasteiger charge is -2.38. The summed E-state index contributed by atoms with van der Waals surface area (Å²) in [5, 5.41) is 0. The summed E-state index contributed by atoms with van der Waals surface area (Å²) in [5.74, 6) is -1.45. The highest BCUT2D eigenvalue weighted by Gasteiger charge is 2.29. The van der Waals surface area contributed by atoms with E-state index in [0.29, 0.717) is 6.54 Å². The highest BCUT2D eigenvalue weighted by molar-refractivity contribution is 5.79. The molecule has 0 bridgehead atoms. The van der Waals surface area contributed by atoms with Crippen molar-refractivity contribution in [2.24, 2.45) is 5.73 Å². The Morgan fingerprint density at radius 1 is 1.45 bits per heavy atom. The molecule has 2 unspecified atom stereocenters. The molecule has 0 saturated carbocycles. The van der Waals surface area contributed by atoms with Crippen molar-refractivity contribution >= 4 is 5.91 Å². The topological polar surface area (TPSA) is 46.3 Å². The van der Waals surface area contributed by atoms with Crippen LogP contribution in [0, 0.1) is 11.6 Å². The minimum Gasteiger partial charge on any atom is -0.338 e. The van der Waals surface area contributed by atoms with Crippen molar-refractivity contribution in [1.82, 2.24) is 4.90 Å². The van der Waals surface area contributed by atoms with Crippen LogP contribution in [-0.4, -0.2) is 29.4 Å². The van der Waals surface area contributed by atoms with E-state index >= 15 is 0 Å². The molecule has 110 valence electrons. The van der Waals surface area contributed by atoms with Crippen molar-refractivity contribution in [3.05, 3.63) is 35.4 Å². The van der Waals surface area contributed by atoms with E-state index in [4.69, 9.17) is 5.73 Å². The largest absolute Gasteiger partial charge is 0.338 e. The van der Waals surface area contributed by atoms with Gasteiger partial charge in [0.25, 0.3) is 0 Å². The van der Waals surface area contributed by atoms with Gasteiger partial charge in [-0.15, -0.1) is 0 Å². The van der Waals surface area contributed by atoms with Gasteiger partial charge in [-0.25, -0.2) is 8.78 Å². The molecule has 2 atom stereocenters. The van der Waals surface area contributed by atoms with E-state index in [1.807, 2.05) is 6.92 Å². The number of carbonyl (C=O) groups is 1. The quantitative estimate of drug-likeness (QED) is 0.924. The zero-order chi connectivity index (χ0) is 14.7. The number of hydrogen-bond donors (Lipinski definition) is 1. The molecule has 1 amide bonds. The summed E-state index contributed by atoms with van der Waals surface area (Å²) in [6, 6.07) is 3.22. The molecule has 1 aromatic rings. The van der Waals surface area contributed by atoms with E-state index in [-0.39, 0.29) is 30.0 Å². The van der Waals surface area contributed by atoms with Gasteiger partial charge >= 0.3 is 0 Å². The molecule has 1 aliphatic heterocycles. The number of amides is 1. The Morgan fingerprint density at radius 3 is 2.85 bits per heavy atom. The Hall–Kier alpha value is -1.49. The molecule has 0 aromatic heterocycles. The fourth-order valence-electron chi connectivity index (χ4n) is 2.74. The lowest BCUT2D eigenvalue weighted by Crippen LogP contribution is -2.52. The number of likely N-dealkylation sites (tertiary alicyclic amines) is 1. The molecule has 2 N–H and O–H groups in total. The smallest absolute Gasteiger partial charge is 0.227 e. The third-order valence-corrected chi connectivity index (χ3v) is 3.83. The van der Waals surface area contributed by atoms with Gasteiger partial charge in [-0.1, -0.05) is 6.07 Å². The maximum absolute atomic E-state index is 13.6. The van der Waals surface area contributed by atoms with E-state index in [1.54, 1.807) is 4.90 Å². The Balaban J connectivity index is 2.10. The van der Waals surface area contributed by atoms with Crippen LogP contribution >= 0.6 is 0 Å². The number of rotatable bonds is 3. The molecule has 0 radical (unpaired) electrons. The SMILES string of the molecule is CC(N)C1CCCCN1C(=O)Cc1ccc(F)cc1F. The van der Waals surface area contributed by atoms with Crippen LogP contribution in [0.25, 0.3) is 0 Å². The molecule has 3 nitrogen and oxygen atoms in total. The molecule has 0 aliphatic carbocycles. The first kappa shape index (κ1) is 14.9. The van der Waals surface area contributed by atoms with Gasteiger partial charge in [0.15, 0.2) is 0 Å². The van der Waals surface area contributed by atoms with Gasteiger partial charge in [0.05, 0.1) is 6.42 Å². The predicted molar refractivity (Wildman–Crippen MR) is 73.1 cm³/mol. The van der Waals surface area contributed by atoms with Crippen molar-refractivity contribution < 1.29 is 13.6 Å². The van der Waals surface area contributed by atoms with Crippen molar-refractivity contribution in [2.45, 2.75) is 44.7 Å². The van der Waals surface area contributed by atoms with E-state index in [2.05, 4.69) is 0 Å². The van der Waals surface area contributed by atoms with Crippen molar-refractivity contribution in [3.63, 3.8) is 0 Å². The number of benzene rings is 1. The Morgan fingerprint density at radius 2 is 2.20 bits per heavy atom. The van der Waals surface area contributed by atoms with E-state index < -0.39 is 11.6 Å². The highest BCUT2D eigenvalue weighted by Crippen LogP contribution is 2.21. The Kier molecular flexibility index (Phi) is 4.70. The maximum atomic E-state index is 13.6. The minimum atomic E-state index is -0.673. The summed E-state index contributed by atoms with van der Waals surface area (Å²) >= 11 is 0. The standard InChI is InChI=1S/C15H20F2N2O/c1-10(18)14-4-2-3-7-19(14)15(20)8-11-5-6-12(16)9-13(11)17/h5-6,9-10,14H,2-4,7-8,18H2,1H3. The zero-order valence-corrected chi connectivity index (χ0v) is 11.6. The first-order valence-electron chi connectivity index (χ1n) is 6.98. The Bertz CT molecular complexity index is 491. The molecule has 1 aromatic carbocycles. The van der Waals surface area contributed by atoms with Gasteiger partial charge in [-0.2, -0.15) is 0 Å². The van der Waals surface area contributed by atoms with Gasteiger partial charge in [0.2, 0.25) is 5.91 Å². The molecule has 1 fully saturated rings. The third kappa shape index (κ3) is 3.33. The molecule has 5 heteroatoms. The second kappa shape index (κ2) is 6.31. The van der Waals surface area contributed by atoms with Crippen LogP contribution in [-0.2, 0) is 11.2 Å². The van der Waals surface area contributed by atoms with Crippen LogP contribution in [0.4, 0.5) is 8.78 Å². The predicted octanol–water partition coefficient (Wildman–Crippen LogP) is 2.24. The number of nitrogens with zero attached hydrogens (tertiary/aromatic N) is 1. The van der Waals surface area contributed by atoms with Crippen LogP contribution in [0.2, 0.25) is 0 Å². The van der Waals surface area contributed by atoms with Gasteiger partial charge in [-0.3, -0.25) is 4.79 Å². The second-order valence-corrected chi connectivity index (χ2v) is 5.42. The highest BCUT2D eigenvalue weighted by atomic mass is 19.1. The van der Waals surface area contributed by atoms with Crippen molar-refractivity contribution in [3.8, 4) is 0 Å².